The van der Waals surface area contributed by atoms with Crippen LogP contribution in [-0.4, -0.2) is 17.1 Å². The summed E-state index contributed by atoms with van der Waals surface area (Å²) in [5, 5.41) is 21.0. The molecule has 0 spiro atoms. The van der Waals surface area contributed by atoms with Gasteiger partial charge in [-0.05, 0) is 42.3 Å². The smallest absolute Gasteiger partial charge is 0.269 e. The third-order valence-electron chi connectivity index (χ3n) is 3.37. The Kier molecular flexibility index (Phi) is 4.91. The van der Waals surface area contributed by atoms with E-state index in [0.29, 0.717) is 5.56 Å². The van der Waals surface area contributed by atoms with E-state index in [1.807, 2.05) is 30.3 Å². The van der Waals surface area contributed by atoms with Crippen LogP contribution in [0.5, 0.6) is 5.75 Å². The summed E-state index contributed by atoms with van der Waals surface area (Å²) in [7, 11) is 1.59. The van der Waals surface area contributed by atoms with Crippen molar-refractivity contribution >= 4 is 11.8 Å². The lowest BCUT2D eigenvalue weighted by Crippen LogP contribution is -1.99. The van der Waals surface area contributed by atoms with Crippen molar-refractivity contribution in [3.8, 4) is 5.75 Å². The maximum Gasteiger partial charge on any atom is 0.269 e. The number of rotatable bonds is 5. The number of ether oxygens (including phenoxy) is 1. The number of hydrogen-bond donors (Lipinski definition) is 1. The quantitative estimate of drug-likeness (QED) is 0.674. The Labute approximate surface area is 128 Å². The normalized spacial score (nSPS) is 12.8. The Morgan fingerprint density at radius 1 is 1.23 bits per heavy atom. The van der Waals surface area contributed by atoms with Crippen molar-refractivity contribution in [1.29, 1.82) is 0 Å². The number of nitro benzene ring substituents is 1. The predicted molar refractivity (Wildman–Crippen MR) is 84.7 cm³/mol. The molecule has 0 heterocycles. The summed E-state index contributed by atoms with van der Waals surface area (Å²) in [4.78, 5) is 10.2. The number of nitro groups is 1. The van der Waals surface area contributed by atoms with Crippen LogP contribution in [-0.2, 0) is 0 Å². The molecule has 2 aromatic rings. The molecule has 0 aromatic heterocycles. The molecule has 0 aliphatic carbocycles. The van der Waals surface area contributed by atoms with E-state index in [1.165, 1.54) is 12.1 Å². The van der Waals surface area contributed by atoms with Crippen molar-refractivity contribution in [3.05, 3.63) is 75.3 Å². The van der Waals surface area contributed by atoms with E-state index in [1.54, 1.807) is 26.2 Å². The van der Waals surface area contributed by atoms with Gasteiger partial charge in [0.25, 0.3) is 5.69 Å². The highest BCUT2D eigenvalue weighted by Gasteiger charge is 2.12. The summed E-state index contributed by atoms with van der Waals surface area (Å²) < 4.78 is 5.27. The van der Waals surface area contributed by atoms with E-state index in [-0.39, 0.29) is 5.69 Å². The summed E-state index contributed by atoms with van der Waals surface area (Å²) in [6.07, 6.45) is 1.01. The molecule has 1 unspecified atom stereocenters. The van der Waals surface area contributed by atoms with Crippen LogP contribution in [0.1, 0.15) is 24.2 Å². The fraction of sp³-hybridized carbons (Fsp3) is 0.176. The van der Waals surface area contributed by atoms with Crippen LogP contribution in [0, 0.1) is 10.1 Å². The highest BCUT2D eigenvalue weighted by Crippen LogP contribution is 2.27. The minimum atomic E-state index is -0.828. The predicted octanol–water partition coefficient (Wildman–Crippen LogP) is 3.74. The minimum absolute atomic E-state index is 0.00214. The Morgan fingerprint density at radius 3 is 2.45 bits per heavy atom. The lowest BCUT2D eigenvalue weighted by Gasteiger charge is -2.13. The van der Waals surface area contributed by atoms with E-state index in [2.05, 4.69) is 0 Å². The van der Waals surface area contributed by atoms with Gasteiger partial charge in [0, 0.05) is 17.7 Å². The molecule has 0 aliphatic rings. The number of benzene rings is 2. The van der Waals surface area contributed by atoms with E-state index in [9.17, 15) is 15.2 Å². The van der Waals surface area contributed by atoms with Gasteiger partial charge >= 0.3 is 0 Å². The van der Waals surface area contributed by atoms with Crippen molar-refractivity contribution < 1.29 is 14.8 Å². The number of non-ortho nitro benzene ring substituents is 1. The molecule has 0 fully saturated rings. The molecule has 2 rings (SSSR count). The average Bonchev–Trinajstić information content (AvgIpc) is 2.54. The number of methoxy groups -OCH3 is 1. The van der Waals surface area contributed by atoms with Crippen molar-refractivity contribution in [2.75, 3.05) is 7.11 Å². The van der Waals surface area contributed by atoms with Gasteiger partial charge in [-0.2, -0.15) is 0 Å². The van der Waals surface area contributed by atoms with Gasteiger partial charge in [0.05, 0.1) is 12.0 Å². The van der Waals surface area contributed by atoms with Crippen LogP contribution in [0.2, 0.25) is 0 Å². The summed E-state index contributed by atoms with van der Waals surface area (Å²) in [5.74, 6) is 0.720. The molecule has 1 N–H and O–H groups in total. The van der Waals surface area contributed by atoms with Crippen LogP contribution in [0.3, 0.4) is 0 Å². The van der Waals surface area contributed by atoms with E-state index < -0.39 is 11.0 Å². The maximum atomic E-state index is 10.6. The van der Waals surface area contributed by atoms with Crippen molar-refractivity contribution in [2.24, 2.45) is 0 Å². The summed E-state index contributed by atoms with van der Waals surface area (Å²) in [6.45, 7) is 1.80. The molecule has 0 saturated heterocycles. The van der Waals surface area contributed by atoms with Crippen LogP contribution < -0.4 is 4.74 Å². The molecule has 2 aromatic carbocycles. The second kappa shape index (κ2) is 6.87. The highest BCUT2D eigenvalue weighted by atomic mass is 16.6. The van der Waals surface area contributed by atoms with Gasteiger partial charge < -0.3 is 9.84 Å². The number of aliphatic hydroxyl groups is 1. The molecular weight excluding hydrogens is 282 g/mol. The molecule has 0 saturated carbocycles. The average molecular weight is 299 g/mol. The topological polar surface area (TPSA) is 72.6 Å². The third-order valence-corrected chi connectivity index (χ3v) is 3.37. The molecule has 114 valence electrons. The fourth-order valence-electron chi connectivity index (χ4n) is 2.15. The Hall–Kier alpha value is -2.66. The SMILES string of the molecule is COc1ccccc1/C=C(\C)C(O)c1ccc([N+](=O)[O-])cc1. The van der Waals surface area contributed by atoms with Crippen LogP contribution >= 0.6 is 0 Å². The van der Waals surface area contributed by atoms with Crippen molar-refractivity contribution in [1.82, 2.24) is 0 Å². The zero-order valence-electron chi connectivity index (χ0n) is 12.4. The Bertz CT molecular complexity index is 692. The monoisotopic (exact) mass is 299 g/mol. The van der Waals surface area contributed by atoms with E-state index in [0.717, 1.165) is 16.9 Å². The zero-order chi connectivity index (χ0) is 16.1. The van der Waals surface area contributed by atoms with Gasteiger partial charge in [-0.3, -0.25) is 10.1 Å². The first kappa shape index (κ1) is 15.7. The first-order chi connectivity index (χ1) is 10.5. The van der Waals surface area contributed by atoms with Gasteiger partial charge in [-0.15, -0.1) is 0 Å². The molecule has 0 bridgehead atoms. The molecule has 5 heteroatoms. The molecule has 1 atom stereocenters. The number of nitrogens with zero attached hydrogens (tertiary/aromatic N) is 1. The summed E-state index contributed by atoms with van der Waals surface area (Å²) in [5.41, 5.74) is 2.19. The van der Waals surface area contributed by atoms with Gasteiger partial charge in [-0.25, -0.2) is 0 Å². The third kappa shape index (κ3) is 3.51. The van der Waals surface area contributed by atoms with Gasteiger partial charge in [0.1, 0.15) is 11.9 Å². The van der Waals surface area contributed by atoms with E-state index in [4.69, 9.17) is 4.74 Å². The molecule has 0 aliphatic heterocycles. The highest BCUT2D eigenvalue weighted by molar-refractivity contribution is 5.60. The van der Waals surface area contributed by atoms with Gasteiger partial charge in [-0.1, -0.05) is 18.2 Å². The number of hydrogen-bond acceptors (Lipinski definition) is 4. The Balaban J connectivity index is 2.26. The first-order valence-electron chi connectivity index (χ1n) is 6.76. The second-order valence-electron chi connectivity index (χ2n) is 4.88. The lowest BCUT2D eigenvalue weighted by molar-refractivity contribution is -0.384. The molecule has 0 radical (unpaired) electrons. The second-order valence-corrected chi connectivity index (χ2v) is 4.88. The standard InChI is InChI=1S/C17H17NO4/c1-12(11-14-5-3-4-6-16(14)22-2)17(19)13-7-9-15(10-8-13)18(20)21/h3-11,17,19H,1-2H3/b12-11+. The lowest BCUT2D eigenvalue weighted by atomic mass is 10.00. The maximum absolute atomic E-state index is 10.6. The summed E-state index contributed by atoms with van der Waals surface area (Å²) >= 11 is 0. The van der Waals surface area contributed by atoms with Gasteiger partial charge in [0.2, 0.25) is 0 Å². The number of para-hydroxylation sites is 1. The van der Waals surface area contributed by atoms with E-state index >= 15 is 0 Å². The fourth-order valence-corrected chi connectivity index (χ4v) is 2.15. The largest absolute Gasteiger partial charge is 0.496 e. The van der Waals surface area contributed by atoms with Gasteiger partial charge in [0.15, 0.2) is 0 Å². The summed E-state index contributed by atoms with van der Waals surface area (Å²) in [6, 6.07) is 13.4. The molecular formula is C17H17NO4. The zero-order valence-corrected chi connectivity index (χ0v) is 12.4. The Morgan fingerprint density at radius 2 is 1.86 bits per heavy atom. The number of aliphatic hydroxyl groups excluding tert-OH is 1. The van der Waals surface area contributed by atoms with Crippen molar-refractivity contribution in [2.45, 2.75) is 13.0 Å². The van der Waals surface area contributed by atoms with Crippen LogP contribution in [0.25, 0.3) is 6.08 Å². The molecule has 0 amide bonds. The van der Waals surface area contributed by atoms with Crippen molar-refractivity contribution in [3.63, 3.8) is 0 Å². The molecule has 5 nitrogen and oxygen atoms in total. The molecule has 22 heavy (non-hydrogen) atoms. The van der Waals surface area contributed by atoms with Crippen LogP contribution in [0.4, 0.5) is 5.69 Å². The first-order valence-corrected chi connectivity index (χ1v) is 6.76. The minimum Gasteiger partial charge on any atom is -0.496 e. The van der Waals surface area contributed by atoms with Crippen LogP contribution in [0.15, 0.2) is 54.1 Å².